The minimum Gasteiger partial charge on any atom is -0.460 e. The van der Waals surface area contributed by atoms with Gasteiger partial charge in [0.2, 0.25) is 0 Å². The van der Waals surface area contributed by atoms with E-state index in [1.165, 1.54) is 16.9 Å². The predicted molar refractivity (Wildman–Crippen MR) is 51.7 cm³/mol. The van der Waals surface area contributed by atoms with Crippen LogP contribution in [0.25, 0.3) is 5.65 Å². The molecular weight excluding hydrogens is 220 g/mol. The van der Waals surface area contributed by atoms with Crippen LogP contribution in [0.5, 0.6) is 0 Å². The van der Waals surface area contributed by atoms with Crippen LogP contribution in [0.3, 0.4) is 0 Å². The first-order chi connectivity index (χ1) is 7.20. The van der Waals surface area contributed by atoms with E-state index in [0.717, 1.165) is 0 Å². The molecule has 0 unspecified atom stereocenters. The van der Waals surface area contributed by atoms with Gasteiger partial charge in [-0.3, -0.25) is 0 Å². The van der Waals surface area contributed by atoms with Gasteiger partial charge in [-0.15, -0.1) is 5.10 Å². The summed E-state index contributed by atoms with van der Waals surface area (Å²) < 4.78 is 6.12. The van der Waals surface area contributed by atoms with Crippen LogP contribution in [-0.4, -0.2) is 32.2 Å². The highest BCUT2D eigenvalue weighted by Crippen LogP contribution is 2.07. The Morgan fingerprint density at radius 2 is 2.47 bits per heavy atom. The average molecular weight is 227 g/mol. The van der Waals surface area contributed by atoms with Crippen molar-refractivity contribution in [1.82, 2.24) is 19.6 Å². The molecule has 2 aromatic heterocycles. The summed E-state index contributed by atoms with van der Waals surface area (Å²) in [6.45, 7) is 2.00. The fraction of sp³-hybridized carbons (Fsp3) is 0.250. The second kappa shape index (κ2) is 3.82. The lowest BCUT2D eigenvalue weighted by Crippen LogP contribution is -2.06. The van der Waals surface area contributed by atoms with Gasteiger partial charge < -0.3 is 4.74 Å². The number of hydrogen-bond donors (Lipinski definition) is 0. The molecule has 0 aromatic carbocycles. The Bertz CT molecular complexity index is 510. The van der Waals surface area contributed by atoms with Crippen molar-refractivity contribution in [3.63, 3.8) is 0 Å². The molecule has 7 heteroatoms. The van der Waals surface area contributed by atoms with E-state index in [4.69, 9.17) is 16.3 Å². The molecular formula is C8H7ClN4O2. The molecule has 15 heavy (non-hydrogen) atoms. The third kappa shape index (κ3) is 1.89. The number of hydrogen-bond acceptors (Lipinski definition) is 5. The van der Waals surface area contributed by atoms with Crippen LogP contribution < -0.4 is 0 Å². The second-order valence-electron chi connectivity index (χ2n) is 2.67. The number of rotatable bonds is 2. The van der Waals surface area contributed by atoms with Gasteiger partial charge in [-0.2, -0.15) is 0 Å². The summed E-state index contributed by atoms with van der Waals surface area (Å²) >= 11 is 5.66. The molecule has 2 heterocycles. The number of aromatic nitrogens is 4. The molecule has 0 bridgehead atoms. The number of ether oxygens (including phenoxy) is 1. The lowest BCUT2D eigenvalue weighted by atomic mass is 10.6. The van der Waals surface area contributed by atoms with E-state index in [-0.39, 0.29) is 12.4 Å². The van der Waals surface area contributed by atoms with Crippen molar-refractivity contribution in [3.8, 4) is 0 Å². The number of carbonyl (C=O) groups excluding carboxylic acids is 1. The molecule has 0 aliphatic heterocycles. The monoisotopic (exact) mass is 226 g/mol. The third-order valence-electron chi connectivity index (χ3n) is 1.65. The molecule has 2 aromatic rings. The van der Waals surface area contributed by atoms with E-state index < -0.39 is 5.97 Å². The Hall–Kier alpha value is -1.69. The molecule has 0 spiro atoms. The van der Waals surface area contributed by atoms with Crippen molar-refractivity contribution in [1.29, 1.82) is 0 Å². The SMILES string of the molecule is CCOC(=O)c1nc2cc(Cl)ncn2n1. The predicted octanol–water partition coefficient (Wildman–Crippen LogP) is 0.954. The molecule has 0 saturated heterocycles. The smallest absolute Gasteiger partial charge is 0.378 e. The highest BCUT2D eigenvalue weighted by molar-refractivity contribution is 6.29. The van der Waals surface area contributed by atoms with Gasteiger partial charge in [-0.05, 0) is 6.92 Å². The second-order valence-corrected chi connectivity index (χ2v) is 3.06. The molecule has 78 valence electrons. The Morgan fingerprint density at radius 3 is 3.20 bits per heavy atom. The van der Waals surface area contributed by atoms with Crippen LogP contribution in [0.15, 0.2) is 12.4 Å². The molecule has 0 amide bonds. The molecule has 0 atom stereocenters. The summed E-state index contributed by atoms with van der Waals surface area (Å²) in [5, 5.41) is 4.18. The van der Waals surface area contributed by atoms with Crippen LogP contribution in [0.1, 0.15) is 17.5 Å². The van der Waals surface area contributed by atoms with Crippen molar-refractivity contribution in [3.05, 3.63) is 23.4 Å². The standard InChI is InChI=1S/C8H7ClN4O2/c1-2-15-8(14)7-11-6-3-5(9)10-4-13(6)12-7/h3-4H,2H2,1H3. The van der Waals surface area contributed by atoms with E-state index in [1.807, 2.05) is 0 Å². The van der Waals surface area contributed by atoms with Crippen molar-refractivity contribution < 1.29 is 9.53 Å². The van der Waals surface area contributed by atoms with Crippen LogP contribution in [-0.2, 0) is 4.74 Å². The minimum atomic E-state index is -0.558. The van der Waals surface area contributed by atoms with Crippen LogP contribution in [0, 0.1) is 0 Å². The fourth-order valence-electron chi connectivity index (χ4n) is 1.05. The Labute approximate surface area is 89.9 Å². The molecule has 0 aliphatic rings. The van der Waals surface area contributed by atoms with Gasteiger partial charge in [0.1, 0.15) is 11.5 Å². The van der Waals surface area contributed by atoms with Gasteiger partial charge in [0.15, 0.2) is 5.65 Å². The van der Waals surface area contributed by atoms with E-state index in [1.54, 1.807) is 6.92 Å². The highest BCUT2D eigenvalue weighted by Gasteiger charge is 2.13. The van der Waals surface area contributed by atoms with Crippen molar-refractivity contribution in [2.24, 2.45) is 0 Å². The molecule has 6 nitrogen and oxygen atoms in total. The zero-order valence-corrected chi connectivity index (χ0v) is 8.60. The lowest BCUT2D eigenvalue weighted by molar-refractivity contribution is 0.0512. The Kier molecular flexibility index (Phi) is 2.51. The molecule has 2 rings (SSSR count). The van der Waals surface area contributed by atoms with Gasteiger partial charge >= 0.3 is 5.97 Å². The molecule has 0 radical (unpaired) electrons. The number of fused-ring (bicyclic) bond motifs is 1. The van der Waals surface area contributed by atoms with Crippen molar-refractivity contribution in [2.75, 3.05) is 6.61 Å². The third-order valence-corrected chi connectivity index (χ3v) is 1.86. The van der Waals surface area contributed by atoms with E-state index in [9.17, 15) is 4.79 Å². The summed E-state index contributed by atoms with van der Waals surface area (Å²) in [4.78, 5) is 19.0. The first-order valence-electron chi connectivity index (χ1n) is 4.25. The first-order valence-corrected chi connectivity index (χ1v) is 4.63. The molecule has 0 fully saturated rings. The number of nitrogens with zero attached hydrogens (tertiary/aromatic N) is 4. The van der Waals surface area contributed by atoms with Gasteiger partial charge in [-0.25, -0.2) is 19.3 Å². The number of halogens is 1. The van der Waals surface area contributed by atoms with E-state index in [0.29, 0.717) is 10.8 Å². The van der Waals surface area contributed by atoms with Gasteiger partial charge in [-0.1, -0.05) is 11.6 Å². The first kappa shape index (κ1) is 9.85. The van der Waals surface area contributed by atoms with Gasteiger partial charge in [0.25, 0.3) is 5.82 Å². The van der Waals surface area contributed by atoms with E-state index >= 15 is 0 Å². The highest BCUT2D eigenvalue weighted by atomic mass is 35.5. The summed E-state index contributed by atoms with van der Waals surface area (Å²) in [5.74, 6) is -0.557. The van der Waals surface area contributed by atoms with Crippen LogP contribution in [0.4, 0.5) is 0 Å². The number of carbonyl (C=O) groups is 1. The molecule has 0 N–H and O–H groups in total. The number of esters is 1. The minimum absolute atomic E-state index is 0.000849. The molecule has 0 saturated carbocycles. The zero-order chi connectivity index (χ0) is 10.8. The van der Waals surface area contributed by atoms with Gasteiger partial charge in [0.05, 0.1) is 6.61 Å². The maximum Gasteiger partial charge on any atom is 0.378 e. The van der Waals surface area contributed by atoms with Crippen LogP contribution in [0.2, 0.25) is 5.15 Å². The van der Waals surface area contributed by atoms with Crippen LogP contribution >= 0.6 is 11.6 Å². The quantitative estimate of drug-likeness (QED) is 0.563. The topological polar surface area (TPSA) is 69.4 Å². The largest absolute Gasteiger partial charge is 0.460 e. The Balaban J connectivity index is 2.42. The summed E-state index contributed by atoms with van der Waals surface area (Å²) in [6, 6.07) is 1.51. The summed E-state index contributed by atoms with van der Waals surface area (Å²) in [5.41, 5.74) is 0.457. The fourth-order valence-corrected chi connectivity index (χ4v) is 1.20. The zero-order valence-electron chi connectivity index (χ0n) is 7.85. The van der Waals surface area contributed by atoms with E-state index in [2.05, 4.69) is 15.1 Å². The Morgan fingerprint density at radius 1 is 1.67 bits per heavy atom. The summed E-state index contributed by atoms with van der Waals surface area (Å²) in [6.07, 6.45) is 1.38. The lowest BCUT2D eigenvalue weighted by Gasteiger charge is -1.93. The average Bonchev–Trinajstić information content (AvgIpc) is 2.60. The molecule has 0 aliphatic carbocycles. The normalized spacial score (nSPS) is 10.5. The maximum atomic E-state index is 11.3. The summed E-state index contributed by atoms with van der Waals surface area (Å²) in [7, 11) is 0. The maximum absolute atomic E-state index is 11.3. The van der Waals surface area contributed by atoms with Crippen molar-refractivity contribution in [2.45, 2.75) is 6.92 Å². The van der Waals surface area contributed by atoms with Gasteiger partial charge in [0, 0.05) is 6.07 Å². The van der Waals surface area contributed by atoms with Crippen molar-refractivity contribution >= 4 is 23.2 Å².